The van der Waals surface area contributed by atoms with Gasteiger partial charge in [0.1, 0.15) is 6.04 Å². The van der Waals surface area contributed by atoms with Gasteiger partial charge >= 0.3 is 5.97 Å². The van der Waals surface area contributed by atoms with Gasteiger partial charge in [-0.1, -0.05) is 0 Å². The molecule has 0 aromatic carbocycles. The summed E-state index contributed by atoms with van der Waals surface area (Å²) in [5, 5.41) is 9.13. The normalized spacial score (nSPS) is 28.3. The van der Waals surface area contributed by atoms with Gasteiger partial charge in [-0.25, -0.2) is 4.79 Å². The molecular weight excluding hydrogens is 244 g/mol. The molecule has 1 N–H and O–H groups in total. The maximum absolute atomic E-state index is 12.3. The van der Waals surface area contributed by atoms with Crippen LogP contribution in [0.2, 0.25) is 0 Å². The molecule has 5 heteroatoms. The van der Waals surface area contributed by atoms with Crippen LogP contribution in [0, 0.1) is 0 Å². The zero-order valence-electron chi connectivity index (χ0n) is 11.8. The average molecular weight is 268 g/mol. The van der Waals surface area contributed by atoms with Crippen molar-refractivity contribution in [2.45, 2.75) is 64.1 Å². The molecule has 2 atom stereocenters. The largest absolute Gasteiger partial charge is 0.480 e. The van der Waals surface area contributed by atoms with Gasteiger partial charge in [-0.15, -0.1) is 0 Å². The van der Waals surface area contributed by atoms with Gasteiger partial charge < -0.3 is 10.0 Å². The summed E-state index contributed by atoms with van der Waals surface area (Å²) < 4.78 is 0. The summed E-state index contributed by atoms with van der Waals surface area (Å²) in [4.78, 5) is 27.4. The summed E-state index contributed by atoms with van der Waals surface area (Å²) in [6.07, 6.45) is 4.07. The van der Waals surface area contributed by atoms with E-state index < -0.39 is 12.0 Å². The topological polar surface area (TPSA) is 60.9 Å². The molecule has 19 heavy (non-hydrogen) atoms. The highest BCUT2D eigenvalue weighted by Gasteiger charge is 2.36. The Hall–Kier alpha value is -1.10. The van der Waals surface area contributed by atoms with Gasteiger partial charge in [0.15, 0.2) is 0 Å². The molecule has 0 spiro atoms. The summed E-state index contributed by atoms with van der Waals surface area (Å²) >= 11 is 0. The molecule has 2 aliphatic rings. The third kappa shape index (κ3) is 3.08. The molecule has 0 aromatic rings. The van der Waals surface area contributed by atoms with E-state index in [9.17, 15) is 9.59 Å². The lowest BCUT2D eigenvalue weighted by Crippen LogP contribution is -2.44. The van der Waals surface area contributed by atoms with E-state index in [-0.39, 0.29) is 5.91 Å². The number of rotatable bonds is 4. The van der Waals surface area contributed by atoms with Crippen LogP contribution in [0.5, 0.6) is 0 Å². The highest BCUT2D eigenvalue weighted by Crippen LogP contribution is 2.25. The summed E-state index contributed by atoms with van der Waals surface area (Å²) in [5.41, 5.74) is 0. The average Bonchev–Trinajstić information content (AvgIpc) is 2.96. The maximum atomic E-state index is 12.3. The molecule has 5 nitrogen and oxygen atoms in total. The van der Waals surface area contributed by atoms with E-state index in [0.29, 0.717) is 31.5 Å². The molecule has 108 valence electrons. The Morgan fingerprint density at radius 1 is 1.21 bits per heavy atom. The fourth-order valence-electron chi connectivity index (χ4n) is 3.40. The molecule has 0 aliphatic carbocycles. The molecule has 0 bridgehead atoms. The Labute approximate surface area is 114 Å². The number of nitrogens with zero attached hydrogens (tertiary/aromatic N) is 2. The molecular formula is C14H24N2O3. The van der Waals surface area contributed by atoms with Crippen LogP contribution < -0.4 is 0 Å². The van der Waals surface area contributed by atoms with Crippen molar-refractivity contribution in [2.75, 3.05) is 13.1 Å². The molecule has 0 aromatic heterocycles. The highest BCUT2D eigenvalue weighted by atomic mass is 16.4. The van der Waals surface area contributed by atoms with Crippen molar-refractivity contribution in [3.8, 4) is 0 Å². The quantitative estimate of drug-likeness (QED) is 0.835. The zero-order chi connectivity index (χ0) is 14.0. The number of carboxylic acid groups (broad SMARTS) is 1. The van der Waals surface area contributed by atoms with Gasteiger partial charge in [-0.3, -0.25) is 9.69 Å². The van der Waals surface area contributed by atoms with Gasteiger partial charge in [0.05, 0.1) is 0 Å². The zero-order valence-corrected chi connectivity index (χ0v) is 11.8. The minimum atomic E-state index is -0.863. The Morgan fingerprint density at radius 2 is 1.89 bits per heavy atom. The second-order valence-corrected chi connectivity index (χ2v) is 5.92. The van der Waals surface area contributed by atoms with Crippen LogP contribution in [-0.4, -0.2) is 58.0 Å². The van der Waals surface area contributed by atoms with Gasteiger partial charge in [0.2, 0.25) is 5.91 Å². The molecule has 2 aliphatic heterocycles. The van der Waals surface area contributed by atoms with Crippen molar-refractivity contribution in [3.63, 3.8) is 0 Å². The van der Waals surface area contributed by atoms with E-state index in [0.717, 1.165) is 25.8 Å². The fraction of sp³-hybridized carbons (Fsp3) is 0.857. The third-order valence-corrected chi connectivity index (χ3v) is 4.35. The molecule has 0 saturated carbocycles. The Morgan fingerprint density at radius 3 is 2.53 bits per heavy atom. The van der Waals surface area contributed by atoms with Crippen molar-refractivity contribution < 1.29 is 14.7 Å². The molecule has 2 rings (SSSR count). The van der Waals surface area contributed by atoms with Crippen LogP contribution in [0.15, 0.2) is 0 Å². The monoisotopic (exact) mass is 268 g/mol. The van der Waals surface area contributed by atoms with E-state index >= 15 is 0 Å². The molecule has 2 saturated heterocycles. The predicted molar refractivity (Wildman–Crippen MR) is 71.9 cm³/mol. The van der Waals surface area contributed by atoms with Crippen LogP contribution in [-0.2, 0) is 9.59 Å². The summed E-state index contributed by atoms with van der Waals surface area (Å²) in [6, 6.07) is 0.151. The van der Waals surface area contributed by atoms with Crippen LogP contribution in [0.3, 0.4) is 0 Å². The lowest BCUT2D eigenvalue weighted by Gasteiger charge is -2.30. The number of hydrogen-bond donors (Lipinski definition) is 1. The molecule has 2 heterocycles. The van der Waals surface area contributed by atoms with E-state index in [1.54, 1.807) is 4.90 Å². The first kappa shape index (κ1) is 14.3. The SMILES string of the molecule is CC(C)N1CCC[C@H]1CC(=O)N1CCC[C@@H]1C(=O)O. The summed E-state index contributed by atoms with van der Waals surface area (Å²) in [7, 11) is 0. The number of carbonyl (C=O) groups is 2. The van der Waals surface area contributed by atoms with Crippen LogP contribution in [0.25, 0.3) is 0 Å². The first-order chi connectivity index (χ1) is 9.00. The molecule has 1 amide bonds. The van der Waals surface area contributed by atoms with Crippen molar-refractivity contribution in [3.05, 3.63) is 0 Å². The maximum Gasteiger partial charge on any atom is 0.326 e. The van der Waals surface area contributed by atoms with Gasteiger partial charge in [-0.05, 0) is 46.1 Å². The summed E-state index contributed by atoms with van der Waals surface area (Å²) in [5.74, 6) is -0.847. The minimum Gasteiger partial charge on any atom is -0.480 e. The molecule has 2 fully saturated rings. The number of hydrogen-bond acceptors (Lipinski definition) is 3. The van der Waals surface area contributed by atoms with Crippen molar-refractivity contribution in [2.24, 2.45) is 0 Å². The number of aliphatic carboxylic acids is 1. The Kier molecular flexibility index (Phi) is 4.45. The van der Waals surface area contributed by atoms with Crippen molar-refractivity contribution >= 4 is 11.9 Å². The van der Waals surface area contributed by atoms with Gasteiger partial charge in [0.25, 0.3) is 0 Å². The fourth-order valence-corrected chi connectivity index (χ4v) is 3.40. The van der Waals surface area contributed by atoms with E-state index in [1.165, 1.54) is 0 Å². The number of carbonyl (C=O) groups excluding carboxylic acids is 1. The lowest BCUT2D eigenvalue weighted by molar-refractivity contribution is -0.148. The highest BCUT2D eigenvalue weighted by molar-refractivity contribution is 5.84. The van der Waals surface area contributed by atoms with Crippen LogP contribution in [0.1, 0.15) is 46.0 Å². The van der Waals surface area contributed by atoms with Gasteiger partial charge in [-0.2, -0.15) is 0 Å². The van der Waals surface area contributed by atoms with E-state index in [2.05, 4.69) is 18.7 Å². The van der Waals surface area contributed by atoms with Crippen molar-refractivity contribution in [1.29, 1.82) is 0 Å². The first-order valence-electron chi connectivity index (χ1n) is 7.28. The second kappa shape index (κ2) is 5.90. The Bertz CT molecular complexity index is 357. The molecule has 0 unspecified atom stereocenters. The van der Waals surface area contributed by atoms with Crippen molar-refractivity contribution in [1.82, 2.24) is 9.80 Å². The van der Waals surface area contributed by atoms with E-state index in [1.807, 2.05) is 0 Å². The molecule has 0 radical (unpaired) electrons. The Balaban J connectivity index is 1.95. The second-order valence-electron chi connectivity index (χ2n) is 5.92. The standard InChI is InChI=1S/C14H24N2O3/c1-10(2)15-7-3-5-11(15)9-13(17)16-8-4-6-12(16)14(18)19/h10-12H,3-9H2,1-2H3,(H,18,19)/t11-,12+/m0/s1. The van der Waals surface area contributed by atoms with E-state index in [4.69, 9.17) is 5.11 Å². The van der Waals surface area contributed by atoms with Gasteiger partial charge in [0, 0.05) is 25.0 Å². The number of amides is 1. The predicted octanol–water partition coefficient (Wildman–Crippen LogP) is 1.32. The number of likely N-dealkylation sites (tertiary alicyclic amines) is 2. The third-order valence-electron chi connectivity index (χ3n) is 4.35. The van der Waals surface area contributed by atoms with Crippen LogP contribution in [0.4, 0.5) is 0 Å². The smallest absolute Gasteiger partial charge is 0.326 e. The first-order valence-corrected chi connectivity index (χ1v) is 7.28. The number of carboxylic acids is 1. The minimum absolute atomic E-state index is 0.0162. The lowest BCUT2D eigenvalue weighted by atomic mass is 10.1. The summed E-state index contributed by atoms with van der Waals surface area (Å²) in [6.45, 7) is 5.96. The van der Waals surface area contributed by atoms with Crippen LogP contribution >= 0.6 is 0 Å².